The van der Waals surface area contributed by atoms with Crippen LogP contribution in [0.3, 0.4) is 0 Å². The van der Waals surface area contributed by atoms with Gasteiger partial charge in [-0.05, 0) is 31.5 Å². The summed E-state index contributed by atoms with van der Waals surface area (Å²) in [7, 11) is 0. The topological polar surface area (TPSA) is 29.5 Å². The first-order chi connectivity index (χ1) is 8.66. The maximum atomic E-state index is 9.75. The summed E-state index contributed by atoms with van der Waals surface area (Å²) in [5.41, 5.74) is 3.08. The van der Waals surface area contributed by atoms with Crippen LogP contribution in [0.25, 0.3) is 0 Å². The predicted molar refractivity (Wildman–Crippen MR) is 72.6 cm³/mol. The quantitative estimate of drug-likeness (QED) is 0.887. The second kappa shape index (κ2) is 5.69. The molecule has 1 atom stereocenters. The minimum absolute atomic E-state index is 0.517. The monoisotopic (exact) mass is 242 g/mol. The Bertz CT molecular complexity index is 504. The van der Waals surface area contributed by atoms with Gasteiger partial charge >= 0.3 is 0 Å². The van der Waals surface area contributed by atoms with Gasteiger partial charge in [0.25, 0.3) is 0 Å². The first kappa shape index (κ1) is 12.7. The molecule has 0 heterocycles. The molecule has 0 aliphatic heterocycles. The summed E-state index contributed by atoms with van der Waals surface area (Å²) >= 11 is 0. The highest BCUT2D eigenvalue weighted by Gasteiger charge is 2.09. The van der Waals surface area contributed by atoms with Crippen molar-refractivity contribution in [2.24, 2.45) is 0 Å². The summed E-state index contributed by atoms with van der Waals surface area (Å²) in [6, 6.07) is 15.9. The van der Waals surface area contributed by atoms with Crippen molar-refractivity contribution in [3.63, 3.8) is 0 Å². The first-order valence-corrected chi connectivity index (χ1v) is 6.12. The zero-order chi connectivity index (χ0) is 13.0. The minimum Gasteiger partial charge on any atom is -0.489 e. The van der Waals surface area contributed by atoms with E-state index >= 15 is 0 Å². The molecule has 0 radical (unpaired) electrons. The highest BCUT2D eigenvalue weighted by atomic mass is 16.5. The Labute approximate surface area is 108 Å². The fourth-order valence-corrected chi connectivity index (χ4v) is 1.86. The number of aryl methyl sites for hydroxylation is 1. The Morgan fingerprint density at radius 3 is 2.50 bits per heavy atom. The van der Waals surface area contributed by atoms with Gasteiger partial charge in [0, 0.05) is 5.56 Å². The summed E-state index contributed by atoms with van der Waals surface area (Å²) in [5.74, 6) is 0.749. The summed E-state index contributed by atoms with van der Waals surface area (Å²) in [6.45, 7) is 4.28. The van der Waals surface area contributed by atoms with Crippen LogP contribution in [-0.4, -0.2) is 5.11 Å². The summed E-state index contributed by atoms with van der Waals surface area (Å²) in [6.07, 6.45) is -0.518. The lowest BCUT2D eigenvalue weighted by Gasteiger charge is -2.14. The zero-order valence-electron chi connectivity index (χ0n) is 10.8. The van der Waals surface area contributed by atoms with E-state index in [1.807, 2.05) is 55.5 Å². The number of aliphatic hydroxyl groups excluding tert-OH is 1. The Hall–Kier alpha value is -1.80. The van der Waals surface area contributed by atoms with E-state index < -0.39 is 6.10 Å². The third-order valence-electron chi connectivity index (χ3n) is 2.85. The molecule has 0 fully saturated rings. The molecule has 2 heteroatoms. The van der Waals surface area contributed by atoms with Gasteiger partial charge in [0.15, 0.2) is 0 Å². The highest BCUT2D eigenvalue weighted by Crippen LogP contribution is 2.26. The predicted octanol–water partition coefficient (Wildman–Crippen LogP) is 3.63. The van der Waals surface area contributed by atoms with Crippen molar-refractivity contribution in [1.29, 1.82) is 0 Å². The van der Waals surface area contributed by atoms with Crippen molar-refractivity contribution in [1.82, 2.24) is 0 Å². The van der Waals surface area contributed by atoms with Crippen molar-refractivity contribution in [2.45, 2.75) is 26.6 Å². The molecule has 0 aliphatic rings. The smallest absolute Gasteiger partial charge is 0.125 e. The Kier molecular flexibility index (Phi) is 4.00. The lowest BCUT2D eigenvalue weighted by Crippen LogP contribution is -2.01. The Balaban J connectivity index is 2.14. The fraction of sp³-hybridized carbons (Fsp3) is 0.250. The standard InChI is InChI=1S/C16H18O2/c1-12-8-9-16(15(10-12)13(2)17)18-11-14-6-4-3-5-7-14/h3-10,13,17H,11H2,1-2H3/t13-/m1/s1. The van der Waals surface area contributed by atoms with Gasteiger partial charge in [-0.1, -0.05) is 42.0 Å². The van der Waals surface area contributed by atoms with Crippen molar-refractivity contribution >= 4 is 0 Å². The van der Waals surface area contributed by atoms with Crippen LogP contribution in [0.15, 0.2) is 48.5 Å². The molecule has 2 nitrogen and oxygen atoms in total. The van der Waals surface area contributed by atoms with Gasteiger partial charge in [-0.2, -0.15) is 0 Å². The molecule has 0 bridgehead atoms. The molecule has 1 N–H and O–H groups in total. The van der Waals surface area contributed by atoms with E-state index in [1.165, 1.54) is 0 Å². The van der Waals surface area contributed by atoms with Crippen molar-refractivity contribution < 1.29 is 9.84 Å². The van der Waals surface area contributed by atoms with E-state index in [2.05, 4.69) is 0 Å². The van der Waals surface area contributed by atoms with Gasteiger partial charge in [0.1, 0.15) is 12.4 Å². The number of ether oxygens (including phenoxy) is 1. The van der Waals surface area contributed by atoms with Crippen LogP contribution >= 0.6 is 0 Å². The number of benzene rings is 2. The van der Waals surface area contributed by atoms with Gasteiger partial charge in [-0.3, -0.25) is 0 Å². The molecule has 0 unspecified atom stereocenters. The van der Waals surface area contributed by atoms with Gasteiger partial charge < -0.3 is 9.84 Å². The van der Waals surface area contributed by atoms with Gasteiger partial charge in [0.2, 0.25) is 0 Å². The van der Waals surface area contributed by atoms with E-state index in [4.69, 9.17) is 4.74 Å². The molecule has 2 rings (SSSR count). The lowest BCUT2D eigenvalue weighted by molar-refractivity contribution is 0.190. The molecular formula is C16H18O2. The van der Waals surface area contributed by atoms with Gasteiger partial charge in [-0.25, -0.2) is 0 Å². The van der Waals surface area contributed by atoms with E-state index in [0.717, 1.165) is 22.4 Å². The highest BCUT2D eigenvalue weighted by molar-refractivity contribution is 5.38. The minimum atomic E-state index is -0.518. The molecule has 0 spiro atoms. The third kappa shape index (κ3) is 3.11. The number of rotatable bonds is 4. The molecule has 18 heavy (non-hydrogen) atoms. The molecule has 0 aliphatic carbocycles. The summed E-state index contributed by atoms with van der Waals surface area (Å²) < 4.78 is 5.78. The Morgan fingerprint density at radius 1 is 1.11 bits per heavy atom. The molecular weight excluding hydrogens is 224 g/mol. The van der Waals surface area contributed by atoms with Crippen LogP contribution in [0.4, 0.5) is 0 Å². The third-order valence-corrected chi connectivity index (χ3v) is 2.85. The second-order valence-electron chi connectivity index (χ2n) is 4.49. The summed E-state index contributed by atoms with van der Waals surface area (Å²) in [5, 5.41) is 9.75. The van der Waals surface area contributed by atoms with Crippen LogP contribution < -0.4 is 4.74 Å². The summed E-state index contributed by atoms with van der Waals surface area (Å²) in [4.78, 5) is 0. The van der Waals surface area contributed by atoms with E-state index in [9.17, 15) is 5.11 Å². The van der Waals surface area contributed by atoms with E-state index in [1.54, 1.807) is 6.92 Å². The fourth-order valence-electron chi connectivity index (χ4n) is 1.86. The van der Waals surface area contributed by atoms with Crippen LogP contribution in [0.5, 0.6) is 5.75 Å². The molecule has 0 saturated carbocycles. The molecule has 0 amide bonds. The number of hydrogen-bond acceptors (Lipinski definition) is 2. The number of aliphatic hydroxyl groups is 1. The maximum Gasteiger partial charge on any atom is 0.125 e. The van der Waals surface area contributed by atoms with Crippen molar-refractivity contribution in [2.75, 3.05) is 0 Å². The second-order valence-corrected chi connectivity index (χ2v) is 4.49. The molecule has 2 aromatic rings. The average molecular weight is 242 g/mol. The largest absolute Gasteiger partial charge is 0.489 e. The molecule has 94 valence electrons. The SMILES string of the molecule is Cc1ccc(OCc2ccccc2)c([C@@H](C)O)c1. The molecule has 0 aromatic heterocycles. The maximum absolute atomic E-state index is 9.75. The normalized spacial score (nSPS) is 12.2. The van der Waals surface area contributed by atoms with Gasteiger partial charge in [-0.15, -0.1) is 0 Å². The molecule has 2 aromatic carbocycles. The van der Waals surface area contributed by atoms with Crippen LogP contribution in [-0.2, 0) is 6.61 Å². The van der Waals surface area contributed by atoms with Crippen LogP contribution in [0.2, 0.25) is 0 Å². The Morgan fingerprint density at radius 2 is 1.83 bits per heavy atom. The van der Waals surface area contributed by atoms with Crippen molar-refractivity contribution in [3.8, 4) is 5.75 Å². The van der Waals surface area contributed by atoms with Crippen LogP contribution in [0.1, 0.15) is 29.7 Å². The zero-order valence-corrected chi connectivity index (χ0v) is 10.8. The van der Waals surface area contributed by atoms with Crippen molar-refractivity contribution in [3.05, 3.63) is 65.2 Å². The lowest BCUT2D eigenvalue weighted by atomic mass is 10.1. The van der Waals surface area contributed by atoms with E-state index in [0.29, 0.717) is 6.61 Å². The average Bonchev–Trinajstić information content (AvgIpc) is 2.38. The molecule has 0 saturated heterocycles. The van der Waals surface area contributed by atoms with E-state index in [-0.39, 0.29) is 0 Å². The first-order valence-electron chi connectivity index (χ1n) is 6.12. The van der Waals surface area contributed by atoms with Gasteiger partial charge in [0.05, 0.1) is 6.10 Å². The van der Waals surface area contributed by atoms with Crippen LogP contribution in [0, 0.1) is 6.92 Å². The number of hydrogen-bond donors (Lipinski definition) is 1.